The van der Waals surface area contributed by atoms with Crippen molar-refractivity contribution in [3.8, 4) is 0 Å². The molecule has 0 aromatic carbocycles. The Morgan fingerprint density at radius 1 is 1.44 bits per heavy atom. The predicted molar refractivity (Wildman–Crippen MR) is 57.3 cm³/mol. The van der Waals surface area contributed by atoms with E-state index in [1.54, 1.807) is 13.0 Å². The largest absolute Gasteiger partial charge is 0.481 e. The smallest absolute Gasteiger partial charge is 0.303 e. The van der Waals surface area contributed by atoms with E-state index in [4.69, 9.17) is 9.52 Å². The number of aryl methyl sites for hydroxylation is 1. The molecule has 88 valence electrons. The maximum absolute atomic E-state index is 11.5. The third-order valence-corrected chi connectivity index (χ3v) is 2.10. The van der Waals surface area contributed by atoms with E-state index >= 15 is 0 Å². The van der Waals surface area contributed by atoms with Crippen molar-refractivity contribution in [2.75, 3.05) is 6.54 Å². The summed E-state index contributed by atoms with van der Waals surface area (Å²) in [5, 5.41) is 11.1. The zero-order valence-electron chi connectivity index (χ0n) is 9.16. The lowest BCUT2D eigenvalue weighted by atomic mass is 10.2. The number of hydrogen-bond acceptors (Lipinski definition) is 3. The maximum atomic E-state index is 11.5. The molecule has 0 spiro atoms. The highest BCUT2D eigenvalue weighted by Gasteiger charge is 2.07. The molecule has 0 atom stereocenters. The summed E-state index contributed by atoms with van der Waals surface area (Å²) in [7, 11) is 0. The van der Waals surface area contributed by atoms with Gasteiger partial charge in [-0.05, 0) is 25.8 Å². The second kappa shape index (κ2) is 5.95. The molecule has 1 heterocycles. The van der Waals surface area contributed by atoms with Gasteiger partial charge in [-0.3, -0.25) is 9.59 Å². The van der Waals surface area contributed by atoms with Gasteiger partial charge in [0.2, 0.25) is 0 Å². The molecule has 0 radical (unpaired) electrons. The summed E-state index contributed by atoms with van der Waals surface area (Å²) in [5.41, 5.74) is 0.496. The number of carboxylic acids is 1. The van der Waals surface area contributed by atoms with E-state index in [-0.39, 0.29) is 12.3 Å². The number of carbonyl (C=O) groups is 2. The molecule has 5 nitrogen and oxygen atoms in total. The SMILES string of the molecule is Cc1cc(C(=O)NCCCCC(=O)O)co1. The lowest BCUT2D eigenvalue weighted by molar-refractivity contribution is -0.137. The second-order valence-electron chi connectivity index (χ2n) is 3.55. The van der Waals surface area contributed by atoms with E-state index in [9.17, 15) is 9.59 Å². The van der Waals surface area contributed by atoms with Crippen molar-refractivity contribution >= 4 is 11.9 Å². The first-order valence-electron chi connectivity index (χ1n) is 5.14. The Morgan fingerprint density at radius 2 is 2.19 bits per heavy atom. The van der Waals surface area contributed by atoms with Crippen LogP contribution < -0.4 is 5.32 Å². The Bertz CT molecular complexity index is 370. The summed E-state index contributed by atoms with van der Waals surface area (Å²) in [5.74, 6) is -0.306. The van der Waals surface area contributed by atoms with E-state index in [1.165, 1.54) is 6.26 Å². The van der Waals surface area contributed by atoms with Crippen molar-refractivity contribution in [3.63, 3.8) is 0 Å². The van der Waals surface area contributed by atoms with Crippen molar-refractivity contribution < 1.29 is 19.1 Å². The molecule has 0 bridgehead atoms. The quantitative estimate of drug-likeness (QED) is 0.720. The summed E-state index contributed by atoms with van der Waals surface area (Å²) in [6, 6.07) is 1.66. The molecular formula is C11H15NO4. The third kappa shape index (κ3) is 4.16. The first-order chi connectivity index (χ1) is 7.59. The average Bonchev–Trinajstić information content (AvgIpc) is 2.63. The number of carboxylic acid groups (broad SMARTS) is 1. The van der Waals surface area contributed by atoms with Crippen LogP contribution >= 0.6 is 0 Å². The maximum Gasteiger partial charge on any atom is 0.303 e. The lowest BCUT2D eigenvalue weighted by Gasteiger charge is -2.01. The standard InChI is InChI=1S/C11H15NO4/c1-8-6-9(7-16-8)11(15)12-5-3-2-4-10(13)14/h6-7H,2-5H2,1H3,(H,12,15)(H,13,14). The van der Waals surface area contributed by atoms with Crippen LogP contribution in [0.1, 0.15) is 35.4 Å². The summed E-state index contributed by atoms with van der Waals surface area (Å²) in [6.45, 7) is 2.25. The Kier molecular flexibility index (Phi) is 4.57. The number of aliphatic carboxylic acids is 1. The summed E-state index contributed by atoms with van der Waals surface area (Å²) < 4.78 is 5.01. The van der Waals surface area contributed by atoms with Gasteiger partial charge in [0.25, 0.3) is 5.91 Å². The molecule has 0 unspecified atom stereocenters. The van der Waals surface area contributed by atoms with Crippen LogP contribution in [0, 0.1) is 6.92 Å². The highest BCUT2D eigenvalue weighted by Crippen LogP contribution is 2.05. The summed E-state index contributed by atoms with van der Waals surface area (Å²) in [4.78, 5) is 21.7. The van der Waals surface area contributed by atoms with Crippen molar-refractivity contribution in [3.05, 3.63) is 23.7 Å². The fourth-order valence-corrected chi connectivity index (χ4v) is 1.27. The summed E-state index contributed by atoms with van der Waals surface area (Å²) in [6.07, 6.45) is 2.78. The highest BCUT2D eigenvalue weighted by atomic mass is 16.4. The van der Waals surface area contributed by atoms with E-state index in [0.717, 1.165) is 0 Å². The van der Waals surface area contributed by atoms with Gasteiger partial charge in [-0.1, -0.05) is 0 Å². The molecule has 0 aliphatic rings. The third-order valence-electron chi connectivity index (χ3n) is 2.10. The van der Waals surface area contributed by atoms with Gasteiger partial charge in [-0.15, -0.1) is 0 Å². The minimum absolute atomic E-state index is 0.140. The molecule has 1 rings (SSSR count). The Hall–Kier alpha value is -1.78. The van der Waals surface area contributed by atoms with Crippen molar-refractivity contribution in [1.82, 2.24) is 5.32 Å². The number of amides is 1. The van der Waals surface area contributed by atoms with E-state index in [2.05, 4.69) is 5.32 Å². The molecule has 0 saturated heterocycles. The van der Waals surface area contributed by atoms with Crippen LogP contribution in [0.15, 0.2) is 16.7 Å². The van der Waals surface area contributed by atoms with Crippen molar-refractivity contribution in [1.29, 1.82) is 0 Å². The number of rotatable bonds is 6. The molecule has 0 aliphatic heterocycles. The van der Waals surface area contributed by atoms with Gasteiger partial charge < -0.3 is 14.8 Å². The van der Waals surface area contributed by atoms with Crippen LogP contribution in [0.2, 0.25) is 0 Å². The average molecular weight is 225 g/mol. The Labute approximate surface area is 93.4 Å². The fourth-order valence-electron chi connectivity index (χ4n) is 1.27. The van der Waals surface area contributed by atoms with Gasteiger partial charge in [-0.2, -0.15) is 0 Å². The van der Waals surface area contributed by atoms with E-state index in [1.807, 2.05) is 0 Å². The van der Waals surface area contributed by atoms with Crippen LogP contribution in [0.4, 0.5) is 0 Å². The van der Waals surface area contributed by atoms with Crippen LogP contribution in [0.25, 0.3) is 0 Å². The number of hydrogen-bond donors (Lipinski definition) is 2. The molecule has 1 aromatic heterocycles. The topological polar surface area (TPSA) is 79.5 Å². The van der Waals surface area contributed by atoms with E-state index < -0.39 is 5.97 Å². The van der Waals surface area contributed by atoms with Crippen LogP contribution in [0.3, 0.4) is 0 Å². The number of furan rings is 1. The van der Waals surface area contributed by atoms with Crippen LogP contribution in [-0.2, 0) is 4.79 Å². The molecule has 0 fully saturated rings. The van der Waals surface area contributed by atoms with Crippen LogP contribution in [-0.4, -0.2) is 23.5 Å². The van der Waals surface area contributed by atoms with E-state index in [0.29, 0.717) is 30.7 Å². The van der Waals surface area contributed by atoms with Gasteiger partial charge in [0.1, 0.15) is 12.0 Å². The van der Waals surface area contributed by atoms with Gasteiger partial charge in [0, 0.05) is 13.0 Å². The first-order valence-corrected chi connectivity index (χ1v) is 5.14. The molecule has 2 N–H and O–H groups in total. The highest BCUT2D eigenvalue weighted by molar-refractivity contribution is 5.93. The zero-order valence-corrected chi connectivity index (χ0v) is 9.16. The molecule has 1 aromatic rings. The monoisotopic (exact) mass is 225 g/mol. The molecule has 0 saturated carbocycles. The number of carbonyl (C=O) groups excluding carboxylic acids is 1. The normalized spacial score (nSPS) is 10.1. The van der Waals surface area contributed by atoms with Gasteiger partial charge in [0.05, 0.1) is 5.56 Å². The Balaban J connectivity index is 2.18. The predicted octanol–water partition coefficient (Wildman–Crippen LogP) is 1.57. The first kappa shape index (κ1) is 12.3. The van der Waals surface area contributed by atoms with Gasteiger partial charge in [0.15, 0.2) is 0 Å². The zero-order chi connectivity index (χ0) is 12.0. The minimum Gasteiger partial charge on any atom is -0.481 e. The minimum atomic E-state index is -0.809. The van der Waals surface area contributed by atoms with Crippen LogP contribution in [0.5, 0.6) is 0 Å². The molecule has 16 heavy (non-hydrogen) atoms. The number of nitrogens with one attached hydrogen (secondary N) is 1. The molecule has 0 aliphatic carbocycles. The Morgan fingerprint density at radius 3 is 2.75 bits per heavy atom. The van der Waals surface area contributed by atoms with Gasteiger partial charge in [-0.25, -0.2) is 0 Å². The lowest BCUT2D eigenvalue weighted by Crippen LogP contribution is -2.24. The van der Waals surface area contributed by atoms with Crippen molar-refractivity contribution in [2.24, 2.45) is 0 Å². The van der Waals surface area contributed by atoms with Crippen molar-refractivity contribution in [2.45, 2.75) is 26.2 Å². The number of unbranched alkanes of at least 4 members (excludes halogenated alkanes) is 1. The second-order valence-corrected chi connectivity index (χ2v) is 3.55. The molecule has 1 amide bonds. The summed E-state index contributed by atoms with van der Waals surface area (Å²) >= 11 is 0. The van der Waals surface area contributed by atoms with Gasteiger partial charge >= 0.3 is 5.97 Å². The molecule has 5 heteroatoms. The fraction of sp³-hybridized carbons (Fsp3) is 0.455. The molecular weight excluding hydrogens is 210 g/mol.